The van der Waals surface area contributed by atoms with Crippen LogP contribution in [0.15, 0.2) is 0 Å². The minimum atomic E-state index is -0.336. The summed E-state index contributed by atoms with van der Waals surface area (Å²) in [5.74, 6) is 0.922. The molecule has 1 fully saturated rings. The summed E-state index contributed by atoms with van der Waals surface area (Å²) >= 11 is 0. The van der Waals surface area contributed by atoms with Crippen molar-refractivity contribution in [2.24, 2.45) is 5.92 Å². The van der Waals surface area contributed by atoms with Gasteiger partial charge >= 0.3 is 0 Å². The molecule has 0 aliphatic carbocycles. The SMILES string of the molecule is CCCC1CCN(CCCC(C)(C#N)NCC)C1. The van der Waals surface area contributed by atoms with Gasteiger partial charge in [-0.25, -0.2) is 0 Å². The fourth-order valence-corrected chi connectivity index (χ4v) is 2.99. The van der Waals surface area contributed by atoms with Gasteiger partial charge < -0.3 is 4.90 Å². The van der Waals surface area contributed by atoms with Gasteiger partial charge in [0, 0.05) is 6.54 Å². The van der Waals surface area contributed by atoms with E-state index in [4.69, 9.17) is 0 Å². The van der Waals surface area contributed by atoms with Crippen molar-refractivity contribution in [3.05, 3.63) is 0 Å². The van der Waals surface area contributed by atoms with Gasteiger partial charge in [-0.1, -0.05) is 20.3 Å². The molecule has 0 amide bonds. The summed E-state index contributed by atoms with van der Waals surface area (Å²) < 4.78 is 0. The number of nitriles is 1. The first-order valence-electron chi connectivity index (χ1n) is 7.52. The van der Waals surface area contributed by atoms with Crippen molar-refractivity contribution in [3.63, 3.8) is 0 Å². The molecule has 1 heterocycles. The van der Waals surface area contributed by atoms with Crippen molar-refractivity contribution in [1.82, 2.24) is 10.2 Å². The molecule has 0 bridgehead atoms. The number of nitrogens with zero attached hydrogens (tertiary/aromatic N) is 2. The van der Waals surface area contributed by atoms with Crippen LogP contribution in [0.2, 0.25) is 0 Å². The Kier molecular flexibility index (Phi) is 6.67. The Morgan fingerprint density at radius 3 is 2.83 bits per heavy atom. The predicted octanol–water partition coefficient (Wildman–Crippen LogP) is 2.78. The summed E-state index contributed by atoms with van der Waals surface area (Å²) in [5.41, 5.74) is -0.336. The maximum atomic E-state index is 9.19. The van der Waals surface area contributed by atoms with Gasteiger partial charge in [-0.2, -0.15) is 5.26 Å². The largest absolute Gasteiger partial charge is 0.303 e. The lowest BCUT2D eigenvalue weighted by Gasteiger charge is -2.24. The minimum absolute atomic E-state index is 0.336. The Hall–Kier alpha value is -0.590. The Morgan fingerprint density at radius 1 is 1.44 bits per heavy atom. The Balaban J connectivity index is 2.20. The van der Waals surface area contributed by atoms with E-state index in [-0.39, 0.29) is 5.54 Å². The van der Waals surface area contributed by atoms with Crippen LogP contribution < -0.4 is 5.32 Å². The van der Waals surface area contributed by atoms with Crippen molar-refractivity contribution < 1.29 is 0 Å². The molecule has 2 atom stereocenters. The van der Waals surface area contributed by atoms with Gasteiger partial charge in [-0.3, -0.25) is 5.32 Å². The predicted molar refractivity (Wildman–Crippen MR) is 76.4 cm³/mol. The van der Waals surface area contributed by atoms with Gasteiger partial charge in [0.05, 0.1) is 6.07 Å². The molecule has 0 saturated carbocycles. The maximum Gasteiger partial charge on any atom is 0.103 e. The third-order valence-corrected chi connectivity index (χ3v) is 4.03. The van der Waals surface area contributed by atoms with Gasteiger partial charge in [0.1, 0.15) is 5.54 Å². The minimum Gasteiger partial charge on any atom is -0.303 e. The average molecular weight is 251 g/mol. The number of hydrogen-bond donors (Lipinski definition) is 1. The van der Waals surface area contributed by atoms with Crippen molar-refractivity contribution in [2.75, 3.05) is 26.2 Å². The fraction of sp³-hybridized carbons (Fsp3) is 0.933. The van der Waals surface area contributed by atoms with Gasteiger partial charge in [0.15, 0.2) is 0 Å². The van der Waals surface area contributed by atoms with Crippen LogP contribution in [0.1, 0.15) is 52.9 Å². The van der Waals surface area contributed by atoms with E-state index in [1.54, 1.807) is 0 Å². The smallest absolute Gasteiger partial charge is 0.103 e. The first-order valence-corrected chi connectivity index (χ1v) is 7.52. The van der Waals surface area contributed by atoms with Crippen LogP contribution in [0.25, 0.3) is 0 Å². The molecule has 3 heteroatoms. The molecule has 0 aromatic rings. The molecule has 0 radical (unpaired) electrons. The molecule has 0 aromatic carbocycles. The summed E-state index contributed by atoms with van der Waals surface area (Å²) in [4.78, 5) is 2.57. The van der Waals surface area contributed by atoms with Crippen LogP contribution in [-0.2, 0) is 0 Å². The summed E-state index contributed by atoms with van der Waals surface area (Å²) in [7, 11) is 0. The highest BCUT2D eigenvalue weighted by Crippen LogP contribution is 2.21. The van der Waals surface area contributed by atoms with Crippen LogP contribution in [0.4, 0.5) is 0 Å². The van der Waals surface area contributed by atoms with E-state index in [1.807, 2.05) is 6.92 Å². The van der Waals surface area contributed by atoms with Crippen molar-refractivity contribution in [2.45, 2.75) is 58.4 Å². The topological polar surface area (TPSA) is 39.1 Å². The average Bonchev–Trinajstić information content (AvgIpc) is 2.78. The van der Waals surface area contributed by atoms with E-state index >= 15 is 0 Å². The lowest BCUT2D eigenvalue weighted by molar-refractivity contribution is 0.295. The molecule has 1 saturated heterocycles. The van der Waals surface area contributed by atoms with Gasteiger partial charge in [0.25, 0.3) is 0 Å². The highest BCUT2D eigenvalue weighted by atomic mass is 15.1. The van der Waals surface area contributed by atoms with E-state index in [0.717, 1.165) is 31.8 Å². The Bertz CT molecular complexity index is 271. The van der Waals surface area contributed by atoms with Gasteiger partial charge in [-0.05, 0) is 58.2 Å². The van der Waals surface area contributed by atoms with E-state index in [1.165, 1.54) is 32.4 Å². The zero-order valence-corrected chi connectivity index (χ0v) is 12.3. The summed E-state index contributed by atoms with van der Waals surface area (Å²) in [6.45, 7) is 10.9. The maximum absolute atomic E-state index is 9.19. The number of likely N-dealkylation sites (tertiary alicyclic amines) is 1. The summed E-state index contributed by atoms with van der Waals surface area (Å²) in [5, 5.41) is 12.5. The third kappa shape index (κ3) is 4.96. The molecule has 1 aliphatic rings. The lowest BCUT2D eigenvalue weighted by atomic mass is 9.97. The van der Waals surface area contributed by atoms with Gasteiger partial charge in [0.2, 0.25) is 0 Å². The zero-order valence-electron chi connectivity index (χ0n) is 12.3. The second-order valence-electron chi connectivity index (χ2n) is 5.82. The second-order valence-corrected chi connectivity index (χ2v) is 5.82. The summed E-state index contributed by atoms with van der Waals surface area (Å²) in [6, 6.07) is 2.40. The zero-order chi connectivity index (χ0) is 13.4. The molecule has 0 spiro atoms. The van der Waals surface area contributed by atoms with Crippen LogP contribution in [-0.4, -0.2) is 36.6 Å². The highest BCUT2D eigenvalue weighted by molar-refractivity contribution is 5.03. The van der Waals surface area contributed by atoms with Crippen molar-refractivity contribution >= 4 is 0 Å². The molecule has 1 aliphatic heterocycles. The molecule has 2 unspecified atom stereocenters. The van der Waals surface area contributed by atoms with E-state index in [9.17, 15) is 5.26 Å². The molecule has 1 rings (SSSR count). The normalized spacial score (nSPS) is 23.8. The van der Waals surface area contributed by atoms with Crippen LogP contribution in [0.5, 0.6) is 0 Å². The summed E-state index contributed by atoms with van der Waals surface area (Å²) in [6.07, 6.45) is 6.13. The second kappa shape index (κ2) is 7.76. The quantitative estimate of drug-likeness (QED) is 0.721. The number of hydrogen-bond acceptors (Lipinski definition) is 3. The van der Waals surface area contributed by atoms with E-state index < -0.39 is 0 Å². The number of nitrogens with one attached hydrogen (secondary N) is 1. The Morgan fingerprint density at radius 2 is 2.22 bits per heavy atom. The molecule has 0 aromatic heterocycles. The van der Waals surface area contributed by atoms with Crippen molar-refractivity contribution in [1.29, 1.82) is 5.26 Å². The van der Waals surface area contributed by atoms with E-state index in [0.29, 0.717) is 0 Å². The number of rotatable bonds is 8. The molecular formula is C15H29N3. The fourth-order valence-electron chi connectivity index (χ4n) is 2.99. The van der Waals surface area contributed by atoms with Crippen LogP contribution >= 0.6 is 0 Å². The molecular weight excluding hydrogens is 222 g/mol. The molecule has 1 N–H and O–H groups in total. The lowest BCUT2D eigenvalue weighted by Crippen LogP contribution is -2.41. The molecule has 3 nitrogen and oxygen atoms in total. The Labute approximate surface area is 113 Å². The first-order chi connectivity index (χ1) is 8.63. The standard InChI is InChI=1S/C15H29N3/c1-4-7-14-8-11-18(12-14)10-6-9-15(3,13-16)17-5-2/h14,17H,4-12H2,1-3H3. The van der Waals surface area contributed by atoms with E-state index in [2.05, 4.69) is 30.1 Å². The highest BCUT2D eigenvalue weighted by Gasteiger charge is 2.24. The molecule has 104 valence electrons. The first kappa shape index (κ1) is 15.5. The van der Waals surface area contributed by atoms with Crippen LogP contribution in [0.3, 0.4) is 0 Å². The molecule has 18 heavy (non-hydrogen) atoms. The monoisotopic (exact) mass is 251 g/mol. The third-order valence-electron chi connectivity index (χ3n) is 4.03. The van der Waals surface area contributed by atoms with Crippen LogP contribution in [0, 0.1) is 17.2 Å². The van der Waals surface area contributed by atoms with Gasteiger partial charge in [-0.15, -0.1) is 0 Å². The van der Waals surface area contributed by atoms with Crippen molar-refractivity contribution in [3.8, 4) is 6.07 Å².